The van der Waals surface area contributed by atoms with E-state index in [1.54, 1.807) is 29.5 Å². The van der Waals surface area contributed by atoms with E-state index >= 15 is 0 Å². The lowest BCUT2D eigenvalue weighted by Gasteiger charge is -2.28. The zero-order chi connectivity index (χ0) is 28.7. The molecule has 2 amide bonds. The van der Waals surface area contributed by atoms with Gasteiger partial charge in [0, 0.05) is 29.1 Å². The van der Waals surface area contributed by atoms with Gasteiger partial charge in [-0.1, -0.05) is 31.0 Å². The summed E-state index contributed by atoms with van der Waals surface area (Å²) in [5.74, 6) is -1.29. The smallest absolute Gasteiger partial charge is 0.251 e. The fourth-order valence-corrected chi connectivity index (χ4v) is 8.26. The Bertz CT molecular complexity index is 1570. The minimum absolute atomic E-state index is 0.0601. The number of ketones is 1. The van der Waals surface area contributed by atoms with E-state index < -0.39 is 33.9 Å². The van der Waals surface area contributed by atoms with Crippen LogP contribution in [-0.4, -0.2) is 66.4 Å². The van der Waals surface area contributed by atoms with Crippen molar-refractivity contribution in [1.29, 1.82) is 0 Å². The van der Waals surface area contributed by atoms with Gasteiger partial charge in [-0.2, -0.15) is 9.04 Å². The SMILES string of the molecule is O=C(NC(CC1CC1)C(=O)N1CCC2C1C(=O)CN2S(=O)(=O)Cc1cccc[n+]1[O-])c1ccc(-c2cccs2)cc1. The van der Waals surface area contributed by atoms with E-state index in [4.69, 9.17) is 0 Å². The van der Waals surface area contributed by atoms with Gasteiger partial charge in [-0.05, 0) is 54.0 Å². The van der Waals surface area contributed by atoms with Gasteiger partial charge in [-0.3, -0.25) is 14.4 Å². The van der Waals surface area contributed by atoms with Crippen LogP contribution in [0.3, 0.4) is 0 Å². The molecule has 1 N–H and O–H groups in total. The van der Waals surface area contributed by atoms with Crippen LogP contribution in [0.5, 0.6) is 0 Å². The number of nitrogens with one attached hydrogen (secondary N) is 1. The molecule has 0 spiro atoms. The number of sulfonamides is 1. The third-order valence-corrected chi connectivity index (χ3v) is 10.8. The Morgan fingerprint density at radius 3 is 2.54 bits per heavy atom. The molecule has 1 saturated carbocycles. The van der Waals surface area contributed by atoms with Gasteiger partial charge >= 0.3 is 0 Å². The second kappa shape index (κ2) is 11.0. The van der Waals surface area contributed by atoms with Crippen LogP contribution in [-0.2, 0) is 25.4 Å². The highest BCUT2D eigenvalue weighted by atomic mass is 32.2. The van der Waals surface area contributed by atoms with E-state index in [2.05, 4.69) is 5.32 Å². The Hall–Kier alpha value is -3.61. The molecule has 3 atom stereocenters. The number of likely N-dealkylation sites (tertiary alicyclic amines) is 1. The van der Waals surface area contributed by atoms with E-state index in [9.17, 15) is 28.0 Å². The van der Waals surface area contributed by atoms with Crippen LogP contribution >= 0.6 is 11.3 Å². The zero-order valence-electron chi connectivity index (χ0n) is 22.2. The van der Waals surface area contributed by atoms with Crippen molar-refractivity contribution in [3.8, 4) is 10.4 Å². The first kappa shape index (κ1) is 27.6. The van der Waals surface area contributed by atoms with Gasteiger partial charge < -0.3 is 15.4 Å². The van der Waals surface area contributed by atoms with E-state index in [-0.39, 0.29) is 36.4 Å². The molecule has 3 aromatic rings. The lowest BCUT2D eigenvalue weighted by atomic mass is 10.1. The molecule has 3 unspecified atom stereocenters. The number of pyridine rings is 1. The van der Waals surface area contributed by atoms with Gasteiger partial charge in [0.1, 0.15) is 12.1 Å². The van der Waals surface area contributed by atoms with Crippen molar-refractivity contribution in [2.24, 2.45) is 5.92 Å². The second-order valence-electron chi connectivity index (χ2n) is 10.9. The Balaban J connectivity index is 1.17. The van der Waals surface area contributed by atoms with Crippen molar-refractivity contribution in [1.82, 2.24) is 14.5 Å². The fourth-order valence-electron chi connectivity index (χ4n) is 5.81. The van der Waals surface area contributed by atoms with Gasteiger partial charge in [0.25, 0.3) is 5.91 Å². The van der Waals surface area contributed by atoms with Crippen LogP contribution in [0.4, 0.5) is 0 Å². The molecule has 1 aliphatic carbocycles. The fraction of sp³-hybridized carbons (Fsp3) is 0.379. The highest BCUT2D eigenvalue weighted by molar-refractivity contribution is 7.88. The first-order valence-electron chi connectivity index (χ1n) is 13.7. The van der Waals surface area contributed by atoms with Crippen molar-refractivity contribution in [2.75, 3.05) is 13.1 Å². The van der Waals surface area contributed by atoms with Crippen LogP contribution in [0.2, 0.25) is 0 Å². The summed E-state index contributed by atoms with van der Waals surface area (Å²) < 4.78 is 28.2. The normalized spacial score (nSPS) is 21.6. The molecule has 3 fully saturated rings. The number of carbonyl (C=O) groups excluding carboxylic acids is 3. The first-order chi connectivity index (χ1) is 19.7. The summed E-state index contributed by atoms with van der Waals surface area (Å²) in [7, 11) is -3.99. The predicted molar refractivity (Wildman–Crippen MR) is 152 cm³/mol. The monoisotopic (exact) mass is 594 g/mol. The summed E-state index contributed by atoms with van der Waals surface area (Å²) in [4.78, 5) is 42.7. The average molecular weight is 595 g/mol. The predicted octanol–water partition coefficient (Wildman–Crippen LogP) is 2.33. The second-order valence-corrected chi connectivity index (χ2v) is 13.7. The number of rotatable bonds is 9. The van der Waals surface area contributed by atoms with Gasteiger partial charge in [-0.25, -0.2) is 8.42 Å². The molecule has 1 aromatic carbocycles. The van der Waals surface area contributed by atoms with Crippen molar-refractivity contribution >= 4 is 39.0 Å². The van der Waals surface area contributed by atoms with Crippen LogP contribution in [0.15, 0.2) is 66.2 Å². The highest BCUT2D eigenvalue weighted by Crippen LogP contribution is 2.36. The van der Waals surface area contributed by atoms with E-state index in [0.717, 1.165) is 27.6 Å². The molecule has 4 heterocycles. The zero-order valence-corrected chi connectivity index (χ0v) is 23.9. The molecule has 0 radical (unpaired) electrons. The maximum absolute atomic E-state index is 13.8. The summed E-state index contributed by atoms with van der Waals surface area (Å²) >= 11 is 1.61. The topological polar surface area (TPSA) is 131 Å². The summed E-state index contributed by atoms with van der Waals surface area (Å²) in [6, 6.07) is 13.3. The third-order valence-electron chi connectivity index (χ3n) is 8.07. The van der Waals surface area contributed by atoms with Crippen molar-refractivity contribution in [3.63, 3.8) is 0 Å². The van der Waals surface area contributed by atoms with E-state index in [0.29, 0.717) is 29.1 Å². The summed E-state index contributed by atoms with van der Waals surface area (Å²) in [5.41, 5.74) is 1.50. The highest BCUT2D eigenvalue weighted by Gasteiger charge is 2.54. The van der Waals surface area contributed by atoms with Crippen LogP contribution in [0, 0.1) is 11.1 Å². The maximum atomic E-state index is 13.8. The van der Waals surface area contributed by atoms with Gasteiger partial charge in [0.05, 0.1) is 12.6 Å². The maximum Gasteiger partial charge on any atom is 0.251 e. The molecule has 41 heavy (non-hydrogen) atoms. The van der Waals surface area contributed by atoms with Crippen molar-refractivity contribution in [3.05, 3.63) is 82.6 Å². The largest absolute Gasteiger partial charge is 0.618 e. The summed E-state index contributed by atoms with van der Waals surface area (Å²) in [5, 5.41) is 16.9. The van der Waals surface area contributed by atoms with E-state index in [1.807, 2.05) is 29.6 Å². The average Bonchev–Trinajstić information content (AvgIpc) is 3.31. The lowest BCUT2D eigenvalue weighted by molar-refractivity contribution is -0.612. The Labute approximate surface area is 242 Å². The van der Waals surface area contributed by atoms with Gasteiger partial charge in [0.15, 0.2) is 17.7 Å². The molecule has 6 rings (SSSR count). The Morgan fingerprint density at radius 2 is 1.85 bits per heavy atom. The number of Topliss-reactive ketones (excluding diaryl/α,β-unsaturated/α-hetero) is 1. The van der Waals surface area contributed by atoms with Crippen LogP contribution in [0.1, 0.15) is 41.7 Å². The molecular formula is C29H30N4O6S2. The summed E-state index contributed by atoms with van der Waals surface area (Å²) in [6.45, 7) is -0.130. The first-order valence-corrected chi connectivity index (χ1v) is 16.1. The molecule has 2 aromatic heterocycles. The molecule has 3 aliphatic rings. The van der Waals surface area contributed by atoms with Crippen LogP contribution < -0.4 is 10.0 Å². The molecule has 12 heteroatoms. The van der Waals surface area contributed by atoms with Gasteiger partial charge in [-0.15, -0.1) is 11.3 Å². The Morgan fingerprint density at radius 1 is 1.07 bits per heavy atom. The number of benzene rings is 1. The molecule has 10 nitrogen and oxygen atoms in total. The molecule has 0 bridgehead atoms. The molecule has 2 saturated heterocycles. The molecule has 214 valence electrons. The number of amides is 2. The number of hydrogen-bond donors (Lipinski definition) is 1. The quantitative estimate of drug-likeness (QED) is 0.299. The number of nitrogens with zero attached hydrogens (tertiary/aromatic N) is 3. The lowest BCUT2D eigenvalue weighted by Crippen LogP contribution is -2.52. The number of aromatic nitrogens is 1. The number of carbonyl (C=O) groups is 3. The molecular weight excluding hydrogens is 564 g/mol. The standard InChI is InChI=1S/C29H30N4O6S2/c34-25-17-33(41(38,39)18-22-4-1-2-13-32(22)37)24-12-14-31(27(24)25)29(36)23(16-19-6-7-19)30-28(35)21-10-8-20(9-11-21)26-5-3-15-40-26/h1-5,8-11,13,15,19,23-24,27H,6-7,12,14,16-18H2,(H,30,35). The third kappa shape index (κ3) is 5.64. The van der Waals surface area contributed by atoms with Crippen LogP contribution in [0.25, 0.3) is 10.4 Å². The van der Waals surface area contributed by atoms with E-state index in [1.165, 1.54) is 23.2 Å². The van der Waals surface area contributed by atoms with Crippen molar-refractivity contribution in [2.45, 2.75) is 49.6 Å². The minimum atomic E-state index is -3.99. The number of fused-ring (bicyclic) bond motifs is 1. The Kier molecular flexibility index (Phi) is 7.39. The van der Waals surface area contributed by atoms with Gasteiger partial charge in [0.2, 0.25) is 21.6 Å². The summed E-state index contributed by atoms with van der Waals surface area (Å²) in [6.07, 6.45) is 3.96. The van der Waals surface area contributed by atoms with Crippen molar-refractivity contribution < 1.29 is 27.5 Å². The molecule has 2 aliphatic heterocycles. The number of hydrogen-bond acceptors (Lipinski definition) is 7. The minimum Gasteiger partial charge on any atom is -0.618 e. The number of thiophene rings is 1.